The van der Waals surface area contributed by atoms with Crippen LogP contribution in [0, 0.1) is 6.92 Å². The number of sulfonamides is 1. The second-order valence-electron chi connectivity index (χ2n) is 7.80. The Hall–Kier alpha value is -1.47. The quantitative estimate of drug-likeness (QED) is 0.824. The van der Waals surface area contributed by atoms with Gasteiger partial charge in [0.25, 0.3) is 0 Å². The number of anilines is 1. The highest BCUT2D eigenvalue weighted by molar-refractivity contribution is 7.92. The third-order valence-electron chi connectivity index (χ3n) is 4.21. The highest BCUT2D eigenvalue weighted by Crippen LogP contribution is 2.36. The number of carbonyl (C=O) groups is 1. The zero-order valence-corrected chi connectivity index (χ0v) is 17.5. The van der Waals surface area contributed by atoms with E-state index in [1.807, 2.05) is 33.8 Å². The van der Waals surface area contributed by atoms with Gasteiger partial charge in [0.1, 0.15) is 5.60 Å². The van der Waals surface area contributed by atoms with Crippen molar-refractivity contribution in [1.29, 1.82) is 0 Å². The highest BCUT2D eigenvalue weighted by Gasteiger charge is 2.29. The van der Waals surface area contributed by atoms with Gasteiger partial charge in [-0.05, 0) is 69.7 Å². The van der Waals surface area contributed by atoms with Gasteiger partial charge in [0.2, 0.25) is 10.0 Å². The lowest BCUT2D eigenvalue weighted by molar-refractivity contribution is 0.0205. The Morgan fingerprint density at radius 2 is 1.85 bits per heavy atom. The van der Waals surface area contributed by atoms with E-state index >= 15 is 0 Å². The molecule has 1 saturated heterocycles. The van der Waals surface area contributed by atoms with Gasteiger partial charge in [-0.1, -0.05) is 11.6 Å². The number of carbonyl (C=O) groups excluding carboxylic acids is 1. The normalized spacial score (nSPS) is 16.5. The summed E-state index contributed by atoms with van der Waals surface area (Å²) in [5, 5.41) is 0.605. The van der Waals surface area contributed by atoms with Crippen LogP contribution in [0.2, 0.25) is 5.02 Å². The molecule has 0 aromatic heterocycles. The fourth-order valence-electron chi connectivity index (χ4n) is 3.02. The Bertz CT molecular complexity index is 779. The molecule has 1 N–H and O–H groups in total. The lowest BCUT2D eigenvalue weighted by Crippen LogP contribution is -2.41. The first-order valence-electron chi connectivity index (χ1n) is 8.61. The molecule has 1 amide bonds. The smallest absolute Gasteiger partial charge is 0.410 e. The molecule has 0 radical (unpaired) electrons. The third kappa shape index (κ3) is 5.77. The van der Waals surface area contributed by atoms with Gasteiger partial charge in [-0.15, -0.1) is 0 Å². The number of amides is 1. The van der Waals surface area contributed by atoms with Crippen molar-refractivity contribution >= 4 is 33.4 Å². The molecule has 1 aliphatic heterocycles. The zero-order valence-electron chi connectivity index (χ0n) is 15.9. The van der Waals surface area contributed by atoms with E-state index in [2.05, 4.69) is 4.72 Å². The zero-order chi connectivity index (χ0) is 19.7. The maximum Gasteiger partial charge on any atom is 0.410 e. The average molecular weight is 403 g/mol. The monoisotopic (exact) mass is 402 g/mol. The van der Waals surface area contributed by atoms with Crippen LogP contribution in [0.5, 0.6) is 0 Å². The van der Waals surface area contributed by atoms with Crippen molar-refractivity contribution in [2.45, 2.75) is 52.1 Å². The number of nitrogens with one attached hydrogen (secondary N) is 1. The molecule has 146 valence electrons. The number of benzene rings is 1. The summed E-state index contributed by atoms with van der Waals surface area (Å²) in [4.78, 5) is 13.9. The van der Waals surface area contributed by atoms with E-state index in [4.69, 9.17) is 16.3 Å². The molecule has 1 aliphatic rings. The van der Waals surface area contributed by atoms with E-state index in [0.29, 0.717) is 23.8 Å². The standard InChI is InChI=1S/C18H27ClN2O4S/c1-12-10-16(20-26(5,23)24)14(11-15(12)19)13-6-8-21(9-7-13)17(22)25-18(2,3)4/h10-11,13,20H,6-9H2,1-5H3. The van der Waals surface area contributed by atoms with Gasteiger partial charge in [-0.25, -0.2) is 13.2 Å². The molecule has 0 atom stereocenters. The number of aryl methyl sites for hydroxylation is 1. The first-order chi connectivity index (χ1) is 11.9. The van der Waals surface area contributed by atoms with Crippen LogP contribution >= 0.6 is 11.6 Å². The van der Waals surface area contributed by atoms with Gasteiger partial charge in [0.15, 0.2) is 0 Å². The molecule has 0 unspecified atom stereocenters. The minimum Gasteiger partial charge on any atom is -0.444 e. The van der Waals surface area contributed by atoms with E-state index < -0.39 is 15.6 Å². The topological polar surface area (TPSA) is 75.7 Å². The average Bonchev–Trinajstić information content (AvgIpc) is 2.48. The van der Waals surface area contributed by atoms with Crippen molar-refractivity contribution in [3.8, 4) is 0 Å². The molecule has 0 spiro atoms. The number of likely N-dealkylation sites (tertiary alicyclic amines) is 1. The number of piperidine rings is 1. The summed E-state index contributed by atoms with van der Waals surface area (Å²) in [7, 11) is -3.39. The Morgan fingerprint density at radius 3 is 2.35 bits per heavy atom. The van der Waals surface area contributed by atoms with E-state index in [-0.39, 0.29) is 12.0 Å². The summed E-state index contributed by atoms with van der Waals surface area (Å²) >= 11 is 6.27. The van der Waals surface area contributed by atoms with Crippen LogP contribution in [0.1, 0.15) is 50.7 Å². The maximum absolute atomic E-state index is 12.2. The Labute approximate surface area is 160 Å². The van der Waals surface area contributed by atoms with E-state index in [0.717, 1.165) is 30.2 Å². The molecule has 0 aliphatic carbocycles. The highest BCUT2D eigenvalue weighted by atomic mass is 35.5. The molecule has 26 heavy (non-hydrogen) atoms. The lowest BCUT2D eigenvalue weighted by atomic mass is 9.88. The van der Waals surface area contributed by atoms with Crippen LogP contribution in [-0.2, 0) is 14.8 Å². The van der Waals surface area contributed by atoms with Crippen molar-refractivity contribution < 1.29 is 17.9 Å². The van der Waals surface area contributed by atoms with Crippen molar-refractivity contribution in [3.63, 3.8) is 0 Å². The van der Waals surface area contributed by atoms with Crippen LogP contribution in [0.15, 0.2) is 12.1 Å². The predicted molar refractivity (Wildman–Crippen MR) is 104 cm³/mol. The summed E-state index contributed by atoms with van der Waals surface area (Å²) in [5.41, 5.74) is 1.72. The second kappa shape index (κ2) is 7.64. The van der Waals surface area contributed by atoms with Crippen LogP contribution in [0.4, 0.5) is 10.5 Å². The van der Waals surface area contributed by atoms with Crippen molar-refractivity contribution in [1.82, 2.24) is 4.90 Å². The summed E-state index contributed by atoms with van der Waals surface area (Å²) < 4.78 is 31.4. The summed E-state index contributed by atoms with van der Waals surface area (Å²) in [6, 6.07) is 3.59. The first kappa shape index (κ1) is 20.8. The second-order valence-corrected chi connectivity index (χ2v) is 9.96. The van der Waals surface area contributed by atoms with Crippen LogP contribution in [-0.4, -0.2) is 44.4 Å². The number of halogens is 1. The molecule has 2 rings (SSSR count). The Kier molecular flexibility index (Phi) is 6.13. The van der Waals surface area contributed by atoms with Crippen molar-refractivity contribution in [3.05, 3.63) is 28.3 Å². The van der Waals surface area contributed by atoms with Crippen LogP contribution in [0.25, 0.3) is 0 Å². The molecule has 1 aromatic rings. The number of nitrogens with zero attached hydrogens (tertiary/aromatic N) is 1. The minimum absolute atomic E-state index is 0.121. The van der Waals surface area contributed by atoms with Gasteiger partial charge >= 0.3 is 6.09 Å². The minimum atomic E-state index is -3.39. The maximum atomic E-state index is 12.2. The predicted octanol–water partition coefficient (Wildman–Crippen LogP) is 4.13. The van der Waals surface area contributed by atoms with E-state index in [1.54, 1.807) is 11.0 Å². The van der Waals surface area contributed by atoms with E-state index in [1.165, 1.54) is 0 Å². The third-order valence-corrected chi connectivity index (χ3v) is 5.21. The van der Waals surface area contributed by atoms with Gasteiger partial charge < -0.3 is 9.64 Å². The molecule has 6 nitrogen and oxygen atoms in total. The van der Waals surface area contributed by atoms with E-state index in [9.17, 15) is 13.2 Å². The molecule has 0 bridgehead atoms. The number of rotatable bonds is 3. The van der Waals surface area contributed by atoms with Crippen molar-refractivity contribution in [2.24, 2.45) is 0 Å². The molecule has 1 aromatic carbocycles. The largest absolute Gasteiger partial charge is 0.444 e. The number of ether oxygens (including phenoxy) is 1. The number of hydrogen-bond acceptors (Lipinski definition) is 4. The fraction of sp³-hybridized carbons (Fsp3) is 0.611. The molecular formula is C18H27ClN2O4S. The number of hydrogen-bond donors (Lipinski definition) is 1. The fourth-order valence-corrected chi connectivity index (χ4v) is 3.77. The Morgan fingerprint density at radius 1 is 1.27 bits per heavy atom. The van der Waals surface area contributed by atoms with Gasteiger partial charge in [0.05, 0.1) is 11.9 Å². The van der Waals surface area contributed by atoms with Gasteiger partial charge in [-0.3, -0.25) is 4.72 Å². The van der Waals surface area contributed by atoms with Crippen molar-refractivity contribution in [2.75, 3.05) is 24.1 Å². The molecular weight excluding hydrogens is 376 g/mol. The Balaban J connectivity index is 2.16. The van der Waals surface area contributed by atoms with Gasteiger partial charge in [-0.2, -0.15) is 0 Å². The summed E-state index contributed by atoms with van der Waals surface area (Å²) in [6.07, 6.45) is 2.26. The molecule has 1 heterocycles. The SMILES string of the molecule is Cc1cc(NS(C)(=O)=O)c(C2CCN(C(=O)OC(C)(C)C)CC2)cc1Cl. The van der Waals surface area contributed by atoms with Crippen LogP contribution < -0.4 is 4.72 Å². The van der Waals surface area contributed by atoms with Gasteiger partial charge in [0, 0.05) is 18.1 Å². The first-order valence-corrected chi connectivity index (χ1v) is 10.9. The van der Waals surface area contributed by atoms with Crippen LogP contribution in [0.3, 0.4) is 0 Å². The molecule has 8 heteroatoms. The summed E-state index contributed by atoms with van der Waals surface area (Å²) in [6.45, 7) is 8.48. The molecule has 1 fully saturated rings. The lowest BCUT2D eigenvalue weighted by Gasteiger charge is -2.34. The molecule has 0 saturated carbocycles. The summed E-state index contributed by atoms with van der Waals surface area (Å²) in [5.74, 6) is 0.121.